The van der Waals surface area contributed by atoms with Crippen molar-refractivity contribution in [2.24, 2.45) is 0 Å². The summed E-state index contributed by atoms with van der Waals surface area (Å²) in [4.78, 5) is 22.5. The van der Waals surface area contributed by atoms with Gasteiger partial charge in [0.05, 0.1) is 10.6 Å². The fourth-order valence-corrected chi connectivity index (χ4v) is 2.55. The molecule has 0 aliphatic carbocycles. The van der Waals surface area contributed by atoms with E-state index in [-0.39, 0.29) is 12.3 Å². The van der Waals surface area contributed by atoms with Crippen LogP contribution in [0.3, 0.4) is 0 Å². The van der Waals surface area contributed by atoms with Crippen LogP contribution in [0.4, 0.5) is 11.4 Å². The third-order valence-electron chi connectivity index (χ3n) is 3.22. The molecule has 3 rings (SSSR count). The summed E-state index contributed by atoms with van der Waals surface area (Å²) in [6.07, 6.45) is -0.799. The van der Waals surface area contributed by atoms with Crippen molar-refractivity contribution in [3.8, 4) is 11.5 Å². The number of non-ortho nitro benzene ring substituents is 1. The first-order valence-corrected chi connectivity index (χ1v) is 7.47. The Hall–Kier alpha value is -2.61. The Labute approximate surface area is 139 Å². The number of anilines is 1. The van der Waals surface area contributed by atoms with Gasteiger partial charge in [-0.15, -0.1) is 0 Å². The molecule has 2 aromatic carbocycles. The zero-order valence-corrected chi connectivity index (χ0v) is 13.3. The Morgan fingerprint density at radius 1 is 1.26 bits per heavy atom. The predicted octanol–water partition coefficient (Wildman–Crippen LogP) is 3.14. The smallest absolute Gasteiger partial charge is 0.270 e. The van der Waals surface area contributed by atoms with Crippen LogP contribution in [0.5, 0.6) is 11.5 Å². The van der Waals surface area contributed by atoms with Crippen LogP contribution in [0.15, 0.2) is 46.9 Å². The Bertz CT molecular complexity index is 780. The van der Waals surface area contributed by atoms with Crippen molar-refractivity contribution in [2.45, 2.75) is 6.10 Å². The van der Waals surface area contributed by atoms with Gasteiger partial charge in [-0.2, -0.15) is 0 Å². The minimum absolute atomic E-state index is 0.0685. The van der Waals surface area contributed by atoms with Crippen LogP contribution >= 0.6 is 15.9 Å². The molecule has 8 heteroatoms. The maximum absolute atomic E-state index is 12.3. The number of hydrogen-bond donors (Lipinski definition) is 1. The van der Waals surface area contributed by atoms with Crippen molar-refractivity contribution in [1.29, 1.82) is 0 Å². The number of nitro groups is 1. The number of fused-ring (bicyclic) bond motifs is 1. The van der Waals surface area contributed by atoms with E-state index in [4.69, 9.17) is 9.47 Å². The number of benzene rings is 2. The lowest BCUT2D eigenvalue weighted by atomic mass is 10.2. The van der Waals surface area contributed by atoms with Gasteiger partial charge < -0.3 is 14.8 Å². The molecule has 1 N–H and O–H groups in total. The molecule has 1 amide bonds. The van der Waals surface area contributed by atoms with Gasteiger partial charge in [-0.25, -0.2) is 0 Å². The normalized spacial score (nSPS) is 15.8. The molecular weight excluding hydrogens is 368 g/mol. The van der Waals surface area contributed by atoms with E-state index in [2.05, 4.69) is 21.2 Å². The maximum atomic E-state index is 12.3. The molecule has 1 atom stereocenters. The predicted molar refractivity (Wildman–Crippen MR) is 85.8 cm³/mol. The van der Waals surface area contributed by atoms with Gasteiger partial charge in [-0.3, -0.25) is 14.9 Å². The molecule has 1 unspecified atom stereocenters. The van der Waals surface area contributed by atoms with Gasteiger partial charge in [-0.05, 0) is 34.1 Å². The quantitative estimate of drug-likeness (QED) is 0.654. The number of rotatable bonds is 3. The van der Waals surface area contributed by atoms with E-state index in [1.54, 1.807) is 18.2 Å². The number of carbonyl (C=O) groups is 1. The highest BCUT2D eigenvalue weighted by Gasteiger charge is 2.27. The number of nitro benzene ring substituents is 1. The molecule has 23 heavy (non-hydrogen) atoms. The number of amides is 1. The molecule has 1 aliphatic heterocycles. The second kappa shape index (κ2) is 6.25. The third-order valence-corrected chi connectivity index (χ3v) is 3.88. The number of para-hydroxylation sites is 2. The summed E-state index contributed by atoms with van der Waals surface area (Å²) in [5.74, 6) is 0.698. The van der Waals surface area contributed by atoms with E-state index in [9.17, 15) is 14.9 Å². The summed E-state index contributed by atoms with van der Waals surface area (Å²) in [7, 11) is 0. The Morgan fingerprint density at radius 2 is 2.00 bits per heavy atom. The molecule has 1 aliphatic rings. The van der Waals surface area contributed by atoms with Crippen molar-refractivity contribution in [3.63, 3.8) is 0 Å². The van der Waals surface area contributed by atoms with Crippen LogP contribution < -0.4 is 14.8 Å². The van der Waals surface area contributed by atoms with Gasteiger partial charge in [0.1, 0.15) is 6.61 Å². The zero-order valence-electron chi connectivity index (χ0n) is 11.7. The molecule has 2 aromatic rings. The number of halogens is 1. The highest BCUT2D eigenvalue weighted by Crippen LogP contribution is 2.32. The topological polar surface area (TPSA) is 90.7 Å². The largest absolute Gasteiger partial charge is 0.485 e. The van der Waals surface area contributed by atoms with Crippen molar-refractivity contribution in [2.75, 3.05) is 11.9 Å². The summed E-state index contributed by atoms with van der Waals surface area (Å²) in [5.41, 5.74) is 0.351. The number of ether oxygens (including phenoxy) is 2. The van der Waals surface area contributed by atoms with Crippen molar-refractivity contribution in [1.82, 2.24) is 0 Å². The second-order valence-corrected chi connectivity index (χ2v) is 5.63. The fraction of sp³-hybridized carbons (Fsp3) is 0.133. The molecule has 118 valence electrons. The van der Waals surface area contributed by atoms with E-state index in [1.807, 2.05) is 6.07 Å². The summed E-state index contributed by atoms with van der Waals surface area (Å²) in [5, 5.41) is 13.4. The van der Waals surface area contributed by atoms with Crippen LogP contribution in [0, 0.1) is 10.1 Å². The number of hydrogen-bond acceptors (Lipinski definition) is 5. The lowest BCUT2D eigenvalue weighted by molar-refractivity contribution is -0.384. The highest BCUT2D eigenvalue weighted by atomic mass is 79.9. The second-order valence-electron chi connectivity index (χ2n) is 4.77. The Balaban J connectivity index is 1.72. The molecular formula is C15H11BrN2O5. The maximum Gasteiger partial charge on any atom is 0.270 e. The molecule has 0 fully saturated rings. The van der Waals surface area contributed by atoms with Gasteiger partial charge in [0.2, 0.25) is 6.10 Å². The summed E-state index contributed by atoms with van der Waals surface area (Å²) < 4.78 is 11.5. The van der Waals surface area contributed by atoms with Gasteiger partial charge in [0.15, 0.2) is 11.5 Å². The van der Waals surface area contributed by atoms with Gasteiger partial charge in [0.25, 0.3) is 11.6 Å². The lowest BCUT2D eigenvalue weighted by Gasteiger charge is -2.25. The Kier molecular flexibility index (Phi) is 4.16. The van der Waals surface area contributed by atoms with Crippen LogP contribution in [0.2, 0.25) is 0 Å². The van der Waals surface area contributed by atoms with E-state index in [1.165, 1.54) is 18.2 Å². The van der Waals surface area contributed by atoms with E-state index < -0.39 is 16.9 Å². The van der Waals surface area contributed by atoms with E-state index >= 15 is 0 Å². The first-order valence-electron chi connectivity index (χ1n) is 6.68. The summed E-state index contributed by atoms with van der Waals surface area (Å²) in [6.45, 7) is 0.0907. The summed E-state index contributed by atoms with van der Waals surface area (Å²) >= 11 is 3.20. The molecule has 0 spiro atoms. The zero-order chi connectivity index (χ0) is 16.4. The summed E-state index contributed by atoms with van der Waals surface area (Å²) in [6, 6.07) is 11.2. The number of carbonyl (C=O) groups excluding carboxylic acids is 1. The van der Waals surface area contributed by atoms with Crippen molar-refractivity contribution in [3.05, 3.63) is 57.1 Å². The third kappa shape index (κ3) is 3.26. The van der Waals surface area contributed by atoms with Crippen molar-refractivity contribution < 1.29 is 19.2 Å². The molecule has 1 heterocycles. The average Bonchev–Trinajstić information content (AvgIpc) is 2.56. The molecule has 0 radical (unpaired) electrons. The Morgan fingerprint density at radius 3 is 2.70 bits per heavy atom. The van der Waals surface area contributed by atoms with E-state index in [0.29, 0.717) is 21.7 Å². The standard InChI is InChI=1S/C15H11BrN2O5/c16-10-7-9(18(20)21)5-6-11(10)17-15(19)14-8-22-12-3-1-2-4-13(12)23-14/h1-7,14H,8H2,(H,17,19). The molecule has 0 saturated carbocycles. The SMILES string of the molecule is O=C(Nc1ccc([N+](=O)[O-])cc1Br)C1COc2ccccc2O1. The van der Waals surface area contributed by atoms with Crippen LogP contribution in [-0.2, 0) is 4.79 Å². The van der Waals surface area contributed by atoms with Gasteiger partial charge in [0, 0.05) is 16.6 Å². The molecule has 0 bridgehead atoms. The molecule has 7 nitrogen and oxygen atoms in total. The monoisotopic (exact) mass is 378 g/mol. The number of nitrogens with zero attached hydrogens (tertiary/aromatic N) is 1. The van der Waals surface area contributed by atoms with E-state index in [0.717, 1.165) is 0 Å². The van der Waals surface area contributed by atoms with Crippen LogP contribution in [0.1, 0.15) is 0 Å². The van der Waals surface area contributed by atoms with Crippen LogP contribution in [-0.4, -0.2) is 23.5 Å². The average molecular weight is 379 g/mol. The first kappa shape index (κ1) is 15.3. The minimum Gasteiger partial charge on any atom is -0.485 e. The van der Waals surface area contributed by atoms with Gasteiger partial charge in [-0.1, -0.05) is 12.1 Å². The molecule has 0 aromatic heterocycles. The lowest BCUT2D eigenvalue weighted by Crippen LogP contribution is -2.40. The van der Waals surface area contributed by atoms with Crippen molar-refractivity contribution >= 4 is 33.2 Å². The minimum atomic E-state index is -0.799. The molecule has 0 saturated heterocycles. The fourth-order valence-electron chi connectivity index (χ4n) is 2.08. The highest BCUT2D eigenvalue weighted by molar-refractivity contribution is 9.10. The number of nitrogens with one attached hydrogen (secondary N) is 1. The van der Waals surface area contributed by atoms with Gasteiger partial charge >= 0.3 is 0 Å². The first-order chi connectivity index (χ1) is 11.0. The van der Waals surface area contributed by atoms with Crippen LogP contribution in [0.25, 0.3) is 0 Å².